The van der Waals surface area contributed by atoms with Gasteiger partial charge in [0.15, 0.2) is 0 Å². The van der Waals surface area contributed by atoms with Crippen LogP contribution in [0.2, 0.25) is 0 Å². The van der Waals surface area contributed by atoms with Gasteiger partial charge in [-0.15, -0.1) is 0 Å². The van der Waals surface area contributed by atoms with Crippen molar-refractivity contribution >= 4 is 18.1 Å². The van der Waals surface area contributed by atoms with Crippen LogP contribution in [0.5, 0.6) is 0 Å². The highest BCUT2D eigenvalue weighted by Crippen LogP contribution is 2.10. The molecule has 0 spiro atoms. The van der Waals surface area contributed by atoms with Gasteiger partial charge in [-0.05, 0) is 12.8 Å². The van der Waals surface area contributed by atoms with Gasteiger partial charge in [-0.25, -0.2) is 14.6 Å². The first kappa shape index (κ1) is 25.4. The quantitative estimate of drug-likeness (QED) is 0.100. The summed E-state index contributed by atoms with van der Waals surface area (Å²) in [6.45, 7) is 4.34. The van der Waals surface area contributed by atoms with Gasteiger partial charge in [0, 0.05) is 6.42 Å². The lowest BCUT2D eigenvalue weighted by Crippen LogP contribution is -2.16. The highest BCUT2D eigenvalue weighted by atomic mass is 17.2. The number of hydrogen-bond donors (Lipinski definition) is 0. The third kappa shape index (κ3) is 19.0. The van der Waals surface area contributed by atoms with Crippen molar-refractivity contribution in [2.24, 2.45) is 0 Å². The van der Waals surface area contributed by atoms with E-state index in [9.17, 15) is 14.4 Å². The summed E-state index contributed by atoms with van der Waals surface area (Å²) in [6.07, 6.45) is 14.2. The molecule has 0 aromatic rings. The maximum atomic E-state index is 11.5. The van der Waals surface area contributed by atoms with E-state index in [0.29, 0.717) is 12.8 Å². The van der Waals surface area contributed by atoms with Crippen molar-refractivity contribution in [2.45, 2.75) is 117 Å². The number of ether oxygens (including phenoxy) is 1. The lowest BCUT2D eigenvalue weighted by Gasteiger charge is -2.04. The molecular weight excluding hydrogens is 348 g/mol. The van der Waals surface area contributed by atoms with E-state index >= 15 is 0 Å². The van der Waals surface area contributed by atoms with E-state index in [1.807, 2.05) is 0 Å². The van der Waals surface area contributed by atoms with E-state index in [4.69, 9.17) is 0 Å². The molecule has 0 rings (SSSR count). The fourth-order valence-electron chi connectivity index (χ4n) is 2.74. The van der Waals surface area contributed by atoms with Gasteiger partial charge < -0.3 is 4.74 Å². The second kappa shape index (κ2) is 19.2. The van der Waals surface area contributed by atoms with E-state index < -0.39 is 18.1 Å². The molecule has 0 unspecified atom stereocenters. The number of hydrogen-bond acceptors (Lipinski definition) is 6. The average molecular weight is 387 g/mol. The van der Waals surface area contributed by atoms with Gasteiger partial charge in [-0.3, -0.25) is 4.79 Å². The van der Waals surface area contributed by atoms with Crippen molar-refractivity contribution in [1.29, 1.82) is 0 Å². The van der Waals surface area contributed by atoms with Crippen LogP contribution in [0.3, 0.4) is 0 Å². The highest BCUT2D eigenvalue weighted by molar-refractivity contribution is 5.81. The third-order valence-corrected chi connectivity index (χ3v) is 4.37. The lowest BCUT2D eigenvalue weighted by molar-refractivity contribution is -0.243. The van der Waals surface area contributed by atoms with E-state index in [-0.39, 0.29) is 12.8 Å². The number of carbonyl (C=O) groups is 3. The number of rotatable bonds is 16. The Morgan fingerprint density at radius 3 is 1.41 bits per heavy atom. The van der Waals surface area contributed by atoms with Crippen LogP contribution in [-0.4, -0.2) is 18.1 Å². The summed E-state index contributed by atoms with van der Waals surface area (Å²) < 4.78 is 4.45. The highest BCUT2D eigenvalue weighted by Gasteiger charge is 2.15. The molecule has 0 aromatic heterocycles. The molecule has 0 aliphatic heterocycles. The van der Waals surface area contributed by atoms with Gasteiger partial charge in [-0.1, -0.05) is 90.9 Å². The van der Waals surface area contributed by atoms with Crippen LogP contribution in [0.25, 0.3) is 0 Å². The van der Waals surface area contributed by atoms with Crippen molar-refractivity contribution in [3.8, 4) is 0 Å². The van der Waals surface area contributed by atoms with Gasteiger partial charge in [0.05, 0.1) is 6.42 Å². The molecule has 6 heteroatoms. The lowest BCUT2D eigenvalue weighted by atomic mass is 10.1. The summed E-state index contributed by atoms with van der Waals surface area (Å²) in [4.78, 5) is 42.8. The third-order valence-electron chi connectivity index (χ3n) is 4.37. The molecule has 0 aliphatic rings. The minimum absolute atomic E-state index is 0.162. The predicted molar refractivity (Wildman–Crippen MR) is 104 cm³/mol. The first-order valence-electron chi connectivity index (χ1n) is 10.7. The van der Waals surface area contributed by atoms with Crippen molar-refractivity contribution in [2.75, 3.05) is 0 Å². The molecule has 0 saturated heterocycles. The SMILES string of the molecule is CCCCCCCCCC(=O)OOC(=O)OC(=O)CCCCCCCCC. The Bertz CT molecular complexity index is 394. The van der Waals surface area contributed by atoms with Gasteiger partial charge in [0.2, 0.25) is 0 Å². The van der Waals surface area contributed by atoms with Crippen LogP contribution in [0, 0.1) is 0 Å². The Hall–Kier alpha value is -1.59. The van der Waals surface area contributed by atoms with Crippen LogP contribution in [0.15, 0.2) is 0 Å². The molecule has 0 atom stereocenters. The van der Waals surface area contributed by atoms with E-state index in [0.717, 1.165) is 25.7 Å². The second-order valence-corrected chi connectivity index (χ2v) is 7.01. The van der Waals surface area contributed by atoms with Gasteiger partial charge in [-0.2, -0.15) is 4.79 Å². The molecule has 0 N–H and O–H groups in total. The van der Waals surface area contributed by atoms with Crippen molar-refractivity contribution in [1.82, 2.24) is 0 Å². The summed E-state index contributed by atoms with van der Waals surface area (Å²) in [5.74, 6) is -1.28. The van der Waals surface area contributed by atoms with E-state index in [1.54, 1.807) is 0 Å². The summed E-state index contributed by atoms with van der Waals surface area (Å²) in [5.41, 5.74) is 0. The maximum absolute atomic E-state index is 11.5. The summed E-state index contributed by atoms with van der Waals surface area (Å²) >= 11 is 0. The maximum Gasteiger partial charge on any atom is 0.557 e. The van der Waals surface area contributed by atoms with Crippen LogP contribution in [-0.2, 0) is 24.1 Å². The Kier molecular flexibility index (Phi) is 18.0. The molecule has 6 nitrogen and oxygen atoms in total. The normalized spacial score (nSPS) is 10.4. The molecule has 0 heterocycles. The van der Waals surface area contributed by atoms with Gasteiger partial charge in [0.25, 0.3) is 0 Å². The Balaban J connectivity index is 3.52. The van der Waals surface area contributed by atoms with Crippen molar-refractivity contribution in [3.63, 3.8) is 0 Å². The van der Waals surface area contributed by atoms with Gasteiger partial charge >= 0.3 is 18.1 Å². The first-order chi connectivity index (χ1) is 13.1. The molecule has 0 radical (unpaired) electrons. The Morgan fingerprint density at radius 1 is 0.519 bits per heavy atom. The zero-order chi connectivity index (χ0) is 20.2. The standard InChI is InChI=1S/C21H38O6/c1-3-5-7-9-11-13-15-17-19(22)25-21(24)27-26-20(23)18-16-14-12-10-8-6-4-2/h3-18H2,1-2H3. The fraction of sp³-hybridized carbons (Fsp3) is 0.857. The summed E-state index contributed by atoms with van der Waals surface area (Å²) in [6, 6.07) is 0. The predicted octanol–water partition coefficient (Wildman–Crippen LogP) is 6.41. The molecule has 0 aliphatic carbocycles. The van der Waals surface area contributed by atoms with E-state index in [2.05, 4.69) is 28.4 Å². The second-order valence-electron chi connectivity index (χ2n) is 7.01. The Labute approximate surface area is 164 Å². The van der Waals surface area contributed by atoms with Crippen LogP contribution < -0.4 is 0 Å². The Morgan fingerprint density at radius 2 is 0.926 bits per heavy atom. The molecule has 0 amide bonds. The van der Waals surface area contributed by atoms with Crippen molar-refractivity contribution in [3.05, 3.63) is 0 Å². The average Bonchev–Trinajstić information content (AvgIpc) is 2.65. The molecule has 0 saturated carbocycles. The van der Waals surface area contributed by atoms with Crippen LogP contribution in [0.1, 0.15) is 117 Å². The fourth-order valence-corrected chi connectivity index (χ4v) is 2.74. The number of carbonyl (C=O) groups excluding carboxylic acids is 3. The first-order valence-corrected chi connectivity index (χ1v) is 10.7. The number of esters is 1. The zero-order valence-corrected chi connectivity index (χ0v) is 17.3. The summed E-state index contributed by atoms with van der Waals surface area (Å²) in [7, 11) is 0. The smallest absolute Gasteiger partial charge is 0.358 e. The number of unbranched alkanes of at least 4 members (excludes halogenated alkanes) is 12. The molecule has 158 valence electrons. The molecule has 0 aromatic carbocycles. The monoisotopic (exact) mass is 386 g/mol. The summed E-state index contributed by atoms with van der Waals surface area (Å²) in [5, 5.41) is 0. The van der Waals surface area contributed by atoms with Crippen LogP contribution >= 0.6 is 0 Å². The minimum atomic E-state index is -1.28. The van der Waals surface area contributed by atoms with Crippen LogP contribution in [0.4, 0.5) is 4.79 Å². The molecular formula is C21H38O6. The van der Waals surface area contributed by atoms with Gasteiger partial charge in [0.1, 0.15) is 0 Å². The molecule has 0 bridgehead atoms. The van der Waals surface area contributed by atoms with E-state index in [1.165, 1.54) is 51.4 Å². The van der Waals surface area contributed by atoms with Crippen molar-refractivity contribution < 1.29 is 28.9 Å². The molecule has 0 fully saturated rings. The topological polar surface area (TPSA) is 78.9 Å². The largest absolute Gasteiger partial charge is 0.557 e. The minimum Gasteiger partial charge on any atom is -0.358 e. The zero-order valence-electron chi connectivity index (χ0n) is 17.3. The molecule has 27 heavy (non-hydrogen) atoms.